The predicted octanol–water partition coefficient (Wildman–Crippen LogP) is 7.68. The van der Waals surface area contributed by atoms with Crippen molar-refractivity contribution in [2.45, 2.75) is 13.8 Å². The van der Waals surface area contributed by atoms with Crippen LogP contribution in [0.3, 0.4) is 0 Å². The molecule has 0 aliphatic carbocycles. The van der Waals surface area contributed by atoms with Crippen LogP contribution in [-0.4, -0.2) is 11.3 Å². The fourth-order valence-corrected chi connectivity index (χ4v) is 7.40. The Morgan fingerprint density at radius 1 is 0.488 bits per heavy atom. The maximum absolute atomic E-state index is 2.51. The highest BCUT2D eigenvalue weighted by molar-refractivity contribution is 7.01. The van der Waals surface area contributed by atoms with E-state index >= 15 is 0 Å². The van der Waals surface area contributed by atoms with Gasteiger partial charge < -0.3 is 9.47 Å². The van der Waals surface area contributed by atoms with Crippen LogP contribution < -0.4 is 21.3 Å². The van der Waals surface area contributed by atoms with Gasteiger partial charge in [0.25, 0.3) is 0 Å². The molecule has 3 heterocycles. The number of fused-ring (bicyclic) bond motifs is 8. The summed E-state index contributed by atoms with van der Waals surface area (Å²) in [6.45, 7) is 4.61. The number of aromatic nitrogens is 1. The molecule has 0 bridgehead atoms. The summed E-state index contributed by atoms with van der Waals surface area (Å²) in [7, 11) is 0. The van der Waals surface area contributed by atoms with Crippen LogP contribution >= 0.6 is 0 Å². The molecule has 0 N–H and O–H groups in total. The third-order valence-electron chi connectivity index (χ3n) is 9.07. The average Bonchev–Trinajstić information content (AvgIpc) is 3.51. The summed E-state index contributed by atoms with van der Waals surface area (Å²) in [6.07, 6.45) is 0. The second kappa shape index (κ2) is 8.25. The Morgan fingerprint density at radius 2 is 1.20 bits per heavy atom. The number of hydrogen-bond acceptors (Lipinski definition) is 1. The van der Waals surface area contributed by atoms with Gasteiger partial charge >= 0.3 is 0 Å². The average molecular weight is 522 g/mol. The molecular weight excluding hydrogens is 495 g/mol. The monoisotopic (exact) mass is 522 g/mol. The zero-order chi connectivity index (χ0) is 27.2. The van der Waals surface area contributed by atoms with Gasteiger partial charge in [-0.2, -0.15) is 0 Å². The van der Waals surface area contributed by atoms with Crippen molar-refractivity contribution in [1.82, 2.24) is 4.57 Å². The van der Waals surface area contributed by atoms with Crippen LogP contribution in [0.2, 0.25) is 0 Å². The van der Waals surface area contributed by atoms with E-state index < -0.39 is 0 Å². The van der Waals surface area contributed by atoms with Crippen molar-refractivity contribution in [3.63, 3.8) is 0 Å². The van der Waals surface area contributed by atoms with Crippen molar-refractivity contribution in [3.8, 4) is 16.8 Å². The number of nitrogens with zero attached hydrogens (tertiary/aromatic N) is 2. The molecule has 7 aromatic rings. The molecule has 0 saturated carbocycles. The first-order chi connectivity index (χ1) is 20.2. The van der Waals surface area contributed by atoms with Crippen molar-refractivity contribution >= 4 is 62.0 Å². The molecule has 41 heavy (non-hydrogen) atoms. The van der Waals surface area contributed by atoms with Gasteiger partial charge in [0, 0.05) is 33.5 Å². The lowest BCUT2D eigenvalue weighted by atomic mass is 9.37. The highest BCUT2D eigenvalue weighted by atomic mass is 15.2. The Hall–Kier alpha value is -5.02. The number of para-hydroxylation sites is 2. The molecule has 9 rings (SSSR count). The lowest BCUT2D eigenvalue weighted by molar-refractivity contribution is 1.17. The van der Waals surface area contributed by atoms with Gasteiger partial charge in [-0.25, -0.2) is 0 Å². The van der Waals surface area contributed by atoms with Gasteiger partial charge in [-0.1, -0.05) is 90.4 Å². The van der Waals surface area contributed by atoms with Gasteiger partial charge in [0.05, 0.1) is 11.0 Å². The first kappa shape index (κ1) is 22.8. The molecule has 0 spiro atoms. The smallest absolute Gasteiger partial charge is 0.248 e. The van der Waals surface area contributed by atoms with Crippen LogP contribution in [-0.2, 0) is 0 Å². The number of benzene rings is 6. The molecule has 0 radical (unpaired) electrons. The lowest BCUT2D eigenvalue weighted by Crippen LogP contribution is -2.54. The minimum absolute atomic E-state index is 0.222. The van der Waals surface area contributed by atoms with Gasteiger partial charge in [0.15, 0.2) is 0 Å². The fourth-order valence-electron chi connectivity index (χ4n) is 7.40. The Balaban J connectivity index is 1.43. The highest BCUT2D eigenvalue weighted by Gasteiger charge is 2.42. The molecule has 0 amide bonds. The fraction of sp³-hybridized carbons (Fsp3) is 0.0526. The molecule has 0 atom stereocenters. The molecule has 0 fully saturated rings. The summed E-state index contributed by atoms with van der Waals surface area (Å²) in [4.78, 5) is 2.51. The third-order valence-corrected chi connectivity index (χ3v) is 9.07. The number of hydrogen-bond donors (Lipinski definition) is 0. The lowest BCUT2D eigenvalue weighted by Gasteiger charge is -2.36. The molecule has 0 saturated heterocycles. The molecule has 192 valence electrons. The predicted molar refractivity (Wildman–Crippen MR) is 175 cm³/mol. The van der Waals surface area contributed by atoms with E-state index in [9.17, 15) is 0 Å². The minimum Gasteiger partial charge on any atom is -0.311 e. The van der Waals surface area contributed by atoms with E-state index in [2.05, 4.69) is 151 Å². The maximum atomic E-state index is 2.51. The third kappa shape index (κ3) is 3.09. The van der Waals surface area contributed by atoms with Crippen LogP contribution in [0.25, 0.3) is 38.6 Å². The van der Waals surface area contributed by atoms with Crippen LogP contribution in [0.1, 0.15) is 11.1 Å². The van der Waals surface area contributed by atoms with Crippen LogP contribution in [0.5, 0.6) is 0 Å². The first-order valence-corrected chi connectivity index (χ1v) is 14.4. The van der Waals surface area contributed by atoms with Gasteiger partial charge in [0.1, 0.15) is 0 Å². The van der Waals surface area contributed by atoms with E-state index in [0.29, 0.717) is 0 Å². The van der Waals surface area contributed by atoms with E-state index in [1.807, 2.05) is 0 Å². The second-order valence-corrected chi connectivity index (χ2v) is 11.6. The summed E-state index contributed by atoms with van der Waals surface area (Å²) in [5.74, 6) is 0. The number of rotatable bonds is 2. The quantitative estimate of drug-likeness (QED) is 0.212. The molecular formula is C38H27BN2. The largest absolute Gasteiger partial charge is 0.311 e. The Morgan fingerprint density at radius 3 is 1.98 bits per heavy atom. The topological polar surface area (TPSA) is 8.17 Å². The van der Waals surface area contributed by atoms with Crippen LogP contribution in [0.4, 0.5) is 17.1 Å². The summed E-state index contributed by atoms with van der Waals surface area (Å²) < 4.78 is 2.46. The van der Waals surface area contributed by atoms with Crippen molar-refractivity contribution < 1.29 is 0 Å². The van der Waals surface area contributed by atoms with Gasteiger partial charge in [-0.3, -0.25) is 0 Å². The summed E-state index contributed by atoms with van der Waals surface area (Å²) in [5, 5.41) is 2.57. The maximum Gasteiger partial charge on any atom is 0.248 e. The Bertz CT molecular complexity index is 2150. The summed E-state index contributed by atoms with van der Waals surface area (Å²) in [5.41, 5.74) is 16.8. The second-order valence-electron chi connectivity index (χ2n) is 11.6. The van der Waals surface area contributed by atoms with Crippen molar-refractivity contribution in [3.05, 3.63) is 139 Å². The van der Waals surface area contributed by atoms with Gasteiger partial charge in [-0.15, -0.1) is 0 Å². The summed E-state index contributed by atoms with van der Waals surface area (Å²) in [6, 6.07) is 47.4. The summed E-state index contributed by atoms with van der Waals surface area (Å²) >= 11 is 0. The van der Waals surface area contributed by atoms with Crippen LogP contribution in [0.15, 0.2) is 127 Å². The zero-order valence-electron chi connectivity index (χ0n) is 23.1. The van der Waals surface area contributed by atoms with E-state index in [4.69, 9.17) is 0 Å². The standard InChI is InChI=1S/C38H27BN2/c1-24-10-9-11-26(20-24)40-36-21-25(2)18-19-33(36)39-32-15-6-3-12-28(32)31-22-27(23-37(40)38(31)39)41-34-16-7-4-13-29(34)30-14-5-8-17-35(30)41/h3-23H,1-2H3. The molecule has 0 unspecified atom stereocenters. The SMILES string of the molecule is Cc1cccc(N2c3cc(C)ccc3B3c4ccccc4-c4cc(-n5c6ccccc6c6ccccc65)cc2c43)c1. The molecule has 3 heteroatoms. The molecule has 1 aromatic heterocycles. The van der Waals surface area contributed by atoms with E-state index in [1.54, 1.807) is 0 Å². The minimum atomic E-state index is 0.222. The number of aryl methyl sites for hydroxylation is 2. The van der Waals surface area contributed by atoms with Gasteiger partial charge in [-0.05, 0) is 89.5 Å². The molecule has 2 aliphatic heterocycles. The molecule has 2 aliphatic rings. The zero-order valence-corrected chi connectivity index (χ0v) is 23.1. The van der Waals surface area contributed by atoms with Crippen molar-refractivity contribution in [2.75, 3.05) is 4.90 Å². The Labute approximate surface area is 240 Å². The van der Waals surface area contributed by atoms with Crippen molar-refractivity contribution in [2.24, 2.45) is 0 Å². The van der Waals surface area contributed by atoms with Gasteiger partial charge in [0.2, 0.25) is 6.71 Å². The number of anilines is 3. The van der Waals surface area contributed by atoms with Crippen LogP contribution in [0, 0.1) is 13.8 Å². The highest BCUT2D eigenvalue weighted by Crippen LogP contribution is 2.43. The van der Waals surface area contributed by atoms with Crippen molar-refractivity contribution in [1.29, 1.82) is 0 Å². The first-order valence-electron chi connectivity index (χ1n) is 14.4. The molecule has 6 aromatic carbocycles. The Kier molecular flexibility index (Phi) is 4.58. The normalized spacial score (nSPS) is 13.0. The molecule has 2 nitrogen and oxygen atoms in total. The van der Waals surface area contributed by atoms with E-state index in [0.717, 1.165) is 0 Å². The van der Waals surface area contributed by atoms with E-state index in [-0.39, 0.29) is 6.71 Å². The van der Waals surface area contributed by atoms with E-state index in [1.165, 1.54) is 83.2 Å².